The summed E-state index contributed by atoms with van der Waals surface area (Å²) >= 11 is 2.07. The molecular weight excluding hydrogens is 346 g/mol. The zero-order chi connectivity index (χ0) is 17.9. The maximum Gasteiger partial charge on any atom is 0.409 e. The SMILES string of the molecule is NC(=O)Oc1ccc2[nH]c(-c3ccc(CC4CCSCC4)cc3)nc2c1. The first-order valence-electron chi connectivity index (χ1n) is 8.81. The zero-order valence-corrected chi connectivity index (χ0v) is 15.2. The molecule has 3 N–H and O–H groups in total. The van der Waals surface area contributed by atoms with Crippen LogP contribution < -0.4 is 10.5 Å². The van der Waals surface area contributed by atoms with E-state index in [0.29, 0.717) is 5.75 Å². The van der Waals surface area contributed by atoms with Gasteiger partial charge in [-0.15, -0.1) is 0 Å². The molecule has 0 unspecified atom stereocenters. The third-order valence-electron chi connectivity index (χ3n) is 4.77. The molecule has 0 bridgehead atoms. The van der Waals surface area contributed by atoms with Gasteiger partial charge < -0.3 is 15.5 Å². The van der Waals surface area contributed by atoms with Crippen LogP contribution in [0.2, 0.25) is 0 Å². The lowest BCUT2D eigenvalue weighted by atomic mass is 9.94. The van der Waals surface area contributed by atoms with Gasteiger partial charge in [0.25, 0.3) is 0 Å². The summed E-state index contributed by atoms with van der Waals surface area (Å²) in [5, 5.41) is 0. The van der Waals surface area contributed by atoms with Crippen molar-refractivity contribution in [2.75, 3.05) is 11.5 Å². The number of hydrogen-bond donors (Lipinski definition) is 2. The van der Waals surface area contributed by atoms with Crippen LogP contribution >= 0.6 is 11.8 Å². The summed E-state index contributed by atoms with van der Waals surface area (Å²) in [7, 11) is 0. The Balaban J connectivity index is 1.52. The summed E-state index contributed by atoms with van der Waals surface area (Å²) in [5.41, 5.74) is 9.11. The number of carbonyl (C=O) groups excluding carboxylic acids is 1. The highest BCUT2D eigenvalue weighted by Gasteiger charge is 2.14. The number of fused-ring (bicyclic) bond motifs is 1. The molecule has 0 atom stereocenters. The minimum Gasteiger partial charge on any atom is -0.410 e. The van der Waals surface area contributed by atoms with Crippen LogP contribution in [0.25, 0.3) is 22.4 Å². The Bertz CT molecular complexity index is 914. The van der Waals surface area contributed by atoms with Gasteiger partial charge in [-0.25, -0.2) is 9.78 Å². The first-order valence-corrected chi connectivity index (χ1v) is 9.97. The average molecular weight is 367 g/mol. The van der Waals surface area contributed by atoms with Crippen molar-refractivity contribution < 1.29 is 9.53 Å². The Hall–Kier alpha value is -2.47. The molecule has 3 aromatic rings. The summed E-state index contributed by atoms with van der Waals surface area (Å²) in [6.45, 7) is 0. The van der Waals surface area contributed by atoms with Crippen LogP contribution in [0.15, 0.2) is 42.5 Å². The Kier molecular flexibility index (Phi) is 4.84. The number of nitrogens with zero attached hydrogens (tertiary/aromatic N) is 1. The zero-order valence-electron chi connectivity index (χ0n) is 14.4. The van der Waals surface area contributed by atoms with E-state index < -0.39 is 6.09 Å². The minimum absolute atomic E-state index is 0.393. The van der Waals surface area contributed by atoms with Crippen LogP contribution in [0.4, 0.5) is 4.79 Å². The fourth-order valence-electron chi connectivity index (χ4n) is 3.38. The van der Waals surface area contributed by atoms with Crippen molar-refractivity contribution in [3.05, 3.63) is 48.0 Å². The summed E-state index contributed by atoms with van der Waals surface area (Å²) in [6, 6.07) is 13.9. The van der Waals surface area contributed by atoms with Gasteiger partial charge in [-0.05, 0) is 54.4 Å². The lowest BCUT2D eigenvalue weighted by Gasteiger charge is -2.21. The Morgan fingerprint density at radius 2 is 1.96 bits per heavy atom. The summed E-state index contributed by atoms with van der Waals surface area (Å²) in [6.07, 6.45) is 2.99. The van der Waals surface area contributed by atoms with Crippen molar-refractivity contribution in [3.8, 4) is 17.1 Å². The monoisotopic (exact) mass is 367 g/mol. The van der Waals surface area contributed by atoms with E-state index in [1.165, 1.54) is 29.9 Å². The van der Waals surface area contributed by atoms with Gasteiger partial charge >= 0.3 is 6.09 Å². The molecule has 1 aromatic heterocycles. The van der Waals surface area contributed by atoms with E-state index in [2.05, 4.69) is 46.0 Å². The van der Waals surface area contributed by atoms with Crippen LogP contribution in [-0.2, 0) is 6.42 Å². The van der Waals surface area contributed by atoms with Crippen LogP contribution in [-0.4, -0.2) is 27.6 Å². The number of benzene rings is 2. The predicted octanol–water partition coefficient (Wildman–Crippen LogP) is 4.37. The maximum absolute atomic E-state index is 10.9. The number of thioether (sulfide) groups is 1. The van der Waals surface area contributed by atoms with Gasteiger partial charge in [-0.1, -0.05) is 24.3 Å². The highest BCUT2D eigenvalue weighted by Crippen LogP contribution is 2.27. The second-order valence-corrected chi connectivity index (χ2v) is 7.87. The Labute approximate surface area is 156 Å². The smallest absolute Gasteiger partial charge is 0.409 e. The van der Waals surface area contributed by atoms with Crippen LogP contribution in [0, 0.1) is 5.92 Å². The molecule has 26 heavy (non-hydrogen) atoms. The van der Waals surface area contributed by atoms with Gasteiger partial charge in [0.15, 0.2) is 0 Å². The molecule has 0 saturated carbocycles. The fraction of sp³-hybridized carbons (Fsp3) is 0.300. The second kappa shape index (κ2) is 7.41. The number of aromatic amines is 1. The van der Waals surface area contributed by atoms with Crippen LogP contribution in [0.3, 0.4) is 0 Å². The number of nitrogens with two attached hydrogens (primary N) is 1. The summed E-state index contributed by atoms with van der Waals surface area (Å²) in [4.78, 5) is 18.8. The average Bonchev–Trinajstić information content (AvgIpc) is 3.06. The standard InChI is InChI=1S/C20H21N3O2S/c21-20(24)25-16-5-6-17-18(12-16)23-19(22-17)15-3-1-13(2-4-15)11-14-7-9-26-10-8-14/h1-6,12,14H,7-11H2,(H2,21,24)(H,22,23). The Morgan fingerprint density at radius 1 is 1.19 bits per heavy atom. The first-order chi connectivity index (χ1) is 12.7. The van der Waals surface area contributed by atoms with E-state index in [9.17, 15) is 4.79 Å². The third-order valence-corrected chi connectivity index (χ3v) is 5.81. The van der Waals surface area contributed by atoms with Crippen molar-refractivity contribution in [2.45, 2.75) is 19.3 Å². The molecule has 134 valence electrons. The molecule has 1 saturated heterocycles. The number of aromatic nitrogens is 2. The molecular formula is C20H21N3O2S. The molecule has 2 heterocycles. The molecule has 6 heteroatoms. The van der Waals surface area contributed by atoms with Gasteiger partial charge in [-0.2, -0.15) is 11.8 Å². The van der Waals surface area contributed by atoms with Gasteiger partial charge in [0, 0.05) is 11.6 Å². The number of imidazole rings is 1. The predicted molar refractivity (Wildman–Crippen MR) is 105 cm³/mol. The van der Waals surface area contributed by atoms with Crippen LogP contribution in [0.1, 0.15) is 18.4 Å². The molecule has 4 rings (SSSR count). The third kappa shape index (κ3) is 3.85. The number of primary amides is 1. The molecule has 0 aliphatic carbocycles. The quantitative estimate of drug-likeness (QED) is 0.717. The number of nitrogens with one attached hydrogen (secondary N) is 1. The molecule has 1 aliphatic heterocycles. The van der Waals surface area contributed by atoms with E-state index in [1.807, 2.05) is 6.07 Å². The number of ether oxygens (including phenoxy) is 1. The number of rotatable bonds is 4. The van der Waals surface area contributed by atoms with Crippen molar-refractivity contribution >= 4 is 28.9 Å². The van der Waals surface area contributed by atoms with Gasteiger partial charge in [0.1, 0.15) is 11.6 Å². The van der Waals surface area contributed by atoms with E-state index in [1.54, 1.807) is 12.1 Å². The molecule has 1 fully saturated rings. The van der Waals surface area contributed by atoms with E-state index in [-0.39, 0.29) is 0 Å². The highest BCUT2D eigenvalue weighted by atomic mass is 32.2. The van der Waals surface area contributed by atoms with E-state index in [0.717, 1.165) is 34.8 Å². The number of carbonyl (C=O) groups is 1. The molecule has 0 spiro atoms. The van der Waals surface area contributed by atoms with E-state index >= 15 is 0 Å². The first kappa shape index (κ1) is 17.0. The largest absolute Gasteiger partial charge is 0.410 e. The molecule has 0 radical (unpaired) electrons. The highest BCUT2D eigenvalue weighted by molar-refractivity contribution is 7.99. The topological polar surface area (TPSA) is 81.0 Å². The normalized spacial score (nSPS) is 15.2. The lowest BCUT2D eigenvalue weighted by Crippen LogP contribution is -2.16. The molecule has 5 nitrogen and oxygen atoms in total. The second-order valence-electron chi connectivity index (χ2n) is 6.64. The number of amides is 1. The van der Waals surface area contributed by atoms with Gasteiger partial charge in [-0.3, -0.25) is 0 Å². The maximum atomic E-state index is 10.9. The van der Waals surface area contributed by atoms with Crippen molar-refractivity contribution in [1.29, 1.82) is 0 Å². The van der Waals surface area contributed by atoms with Crippen molar-refractivity contribution in [3.63, 3.8) is 0 Å². The summed E-state index contributed by atoms with van der Waals surface area (Å²) < 4.78 is 4.91. The lowest BCUT2D eigenvalue weighted by molar-refractivity contribution is 0.211. The fourth-order valence-corrected chi connectivity index (χ4v) is 4.59. The van der Waals surface area contributed by atoms with Gasteiger partial charge in [0.2, 0.25) is 0 Å². The minimum atomic E-state index is -0.827. The summed E-state index contributed by atoms with van der Waals surface area (Å²) in [5.74, 6) is 4.60. The van der Waals surface area contributed by atoms with Crippen molar-refractivity contribution in [1.82, 2.24) is 9.97 Å². The number of H-pyrrole nitrogens is 1. The molecule has 2 aromatic carbocycles. The molecule has 1 aliphatic rings. The van der Waals surface area contributed by atoms with Gasteiger partial charge in [0.05, 0.1) is 11.0 Å². The Morgan fingerprint density at radius 3 is 2.69 bits per heavy atom. The molecule has 1 amide bonds. The van der Waals surface area contributed by atoms with Crippen LogP contribution in [0.5, 0.6) is 5.75 Å². The van der Waals surface area contributed by atoms with Crippen molar-refractivity contribution in [2.24, 2.45) is 11.7 Å². The number of hydrogen-bond acceptors (Lipinski definition) is 4. The van der Waals surface area contributed by atoms with E-state index in [4.69, 9.17) is 10.5 Å².